The molecule has 0 saturated carbocycles. The van der Waals surface area contributed by atoms with E-state index in [1.165, 1.54) is 6.92 Å². The predicted octanol–water partition coefficient (Wildman–Crippen LogP) is 3.98. The van der Waals surface area contributed by atoms with Crippen LogP contribution in [0, 0.1) is 0 Å². The molecule has 0 bridgehead atoms. The van der Waals surface area contributed by atoms with Crippen molar-refractivity contribution >= 4 is 11.8 Å². The first-order valence-corrected chi connectivity index (χ1v) is 10.4. The third kappa shape index (κ3) is 7.66. The zero-order chi connectivity index (χ0) is 21.9. The fraction of sp³-hybridized carbons (Fsp3) is 0.360. The minimum absolute atomic E-state index is 0.0263. The number of ketones is 1. The summed E-state index contributed by atoms with van der Waals surface area (Å²) in [5, 5.41) is 0. The second kappa shape index (κ2) is 12.0. The average Bonchev–Trinajstić information content (AvgIpc) is 2.79. The molecule has 0 fully saturated rings. The van der Waals surface area contributed by atoms with Crippen LogP contribution in [0.5, 0.6) is 0 Å². The van der Waals surface area contributed by atoms with Crippen molar-refractivity contribution in [3.05, 3.63) is 84.1 Å². The normalized spacial score (nSPS) is 20.1. The highest BCUT2D eigenvalue weighted by Gasteiger charge is 2.36. The Kier molecular flexibility index (Phi) is 8.82. The first-order valence-electron chi connectivity index (χ1n) is 10.4. The van der Waals surface area contributed by atoms with Crippen LogP contribution in [0.4, 0.5) is 0 Å². The molecule has 0 radical (unpaired) electrons. The highest BCUT2D eigenvalue weighted by molar-refractivity contribution is 5.81. The van der Waals surface area contributed by atoms with Gasteiger partial charge in [0.1, 0.15) is 11.9 Å². The van der Waals surface area contributed by atoms with E-state index in [4.69, 9.17) is 18.9 Å². The van der Waals surface area contributed by atoms with E-state index in [1.54, 1.807) is 12.3 Å². The Hall–Kier alpha value is -2.96. The molecule has 6 nitrogen and oxygen atoms in total. The van der Waals surface area contributed by atoms with Gasteiger partial charge in [0.2, 0.25) is 0 Å². The molecule has 2 aromatic carbocycles. The molecule has 0 saturated heterocycles. The summed E-state index contributed by atoms with van der Waals surface area (Å²) in [6, 6.07) is 19.6. The highest BCUT2D eigenvalue weighted by Crippen LogP contribution is 2.22. The number of ether oxygens (including phenoxy) is 4. The lowest BCUT2D eigenvalue weighted by atomic mass is 10.1. The SMILES string of the molecule is CC(=O)CCC(=O)O[C@@H]1[C@H](OCc2ccccc2)C=CO[C@@H]1COCc1ccccc1. The first-order chi connectivity index (χ1) is 15.1. The van der Waals surface area contributed by atoms with Crippen molar-refractivity contribution in [2.45, 2.75) is 51.3 Å². The van der Waals surface area contributed by atoms with Gasteiger partial charge in [-0.2, -0.15) is 0 Å². The quantitative estimate of drug-likeness (QED) is 0.508. The molecule has 164 valence electrons. The summed E-state index contributed by atoms with van der Waals surface area (Å²) in [7, 11) is 0. The van der Waals surface area contributed by atoms with Crippen LogP contribution in [-0.4, -0.2) is 36.7 Å². The second-order valence-corrected chi connectivity index (χ2v) is 7.42. The Bertz CT molecular complexity index is 849. The molecule has 31 heavy (non-hydrogen) atoms. The van der Waals surface area contributed by atoms with E-state index in [2.05, 4.69) is 0 Å². The van der Waals surface area contributed by atoms with Gasteiger partial charge in [-0.15, -0.1) is 0 Å². The minimum atomic E-state index is -0.677. The summed E-state index contributed by atoms with van der Waals surface area (Å²) in [6.45, 7) is 2.47. The fourth-order valence-corrected chi connectivity index (χ4v) is 3.17. The van der Waals surface area contributed by atoms with Crippen LogP contribution in [0.2, 0.25) is 0 Å². The summed E-state index contributed by atoms with van der Waals surface area (Å²) >= 11 is 0. The number of benzene rings is 2. The Morgan fingerprint density at radius 1 is 0.903 bits per heavy atom. The van der Waals surface area contributed by atoms with E-state index in [0.29, 0.717) is 13.2 Å². The second-order valence-electron chi connectivity index (χ2n) is 7.42. The van der Waals surface area contributed by atoms with Crippen molar-refractivity contribution in [1.82, 2.24) is 0 Å². The van der Waals surface area contributed by atoms with Crippen LogP contribution in [0.15, 0.2) is 73.0 Å². The van der Waals surface area contributed by atoms with Gasteiger partial charge < -0.3 is 23.7 Å². The van der Waals surface area contributed by atoms with Crippen LogP contribution in [-0.2, 0) is 41.8 Å². The van der Waals surface area contributed by atoms with Crippen molar-refractivity contribution in [3.63, 3.8) is 0 Å². The van der Waals surface area contributed by atoms with Crippen molar-refractivity contribution in [2.75, 3.05) is 6.61 Å². The third-order valence-electron chi connectivity index (χ3n) is 4.84. The molecule has 0 unspecified atom stereocenters. The van der Waals surface area contributed by atoms with Gasteiger partial charge in [0.25, 0.3) is 0 Å². The number of Topliss-reactive ketones (excluding diaryl/α,β-unsaturated/α-hetero) is 1. The van der Waals surface area contributed by atoms with Gasteiger partial charge in [0.15, 0.2) is 12.2 Å². The monoisotopic (exact) mass is 424 g/mol. The summed E-state index contributed by atoms with van der Waals surface area (Å²) in [5.41, 5.74) is 2.06. The van der Waals surface area contributed by atoms with Gasteiger partial charge in [-0.3, -0.25) is 4.79 Å². The van der Waals surface area contributed by atoms with Gasteiger partial charge >= 0.3 is 5.97 Å². The highest BCUT2D eigenvalue weighted by atomic mass is 16.6. The first kappa shape index (κ1) is 22.7. The summed E-state index contributed by atoms with van der Waals surface area (Å²) in [4.78, 5) is 23.5. The maximum Gasteiger partial charge on any atom is 0.306 e. The van der Waals surface area contributed by atoms with Gasteiger partial charge in [-0.05, 0) is 24.1 Å². The molecule has 3 atom stereocenters. The Balaban J connectivity index is 1.62. The van der Waals surface area contributed by atoms with Crippen LogP contribution < -0.4 is 0 Å². The predicted molar refractivity (Wildman–Crippen MR) is 115 cm³/mol. The van der Waals surface area contributed by atoms with Gasteiger partial charge in [-0.25, -0.2) is 0 Å². The zero-order valence-electron chi connectivity index (χ0n) is 17.6. The largest absolute Gasteiger partial charge is 0.492 e. The van der Waals surface area contributed by atoms with E-state index in [9.17, 15) is 9.59 Å². The molecule has 3 rings (SSSR count). The van der Waals surface area contributed by atoms with Crippen molar-refractivity contribution in [1.29, 1.82) is 0 Å². The number of carbonyl (C=O) groups is 2. The molecule has 2 aromatic rings. The number of carbonyl (C=O) groups excluding carboxylic acids is 2. The molecule has 0 aliphatic carbocycles. The van der Waals surface area contributed by atoms with Crippen molar-refractivity contribution in [3.8, 4) is 0 Å². The van der Waals surface area contributed by atoms with Crippen LogP contribution in [0.1, 0.15) is 30.9 Å². The lowest BCUT2D eigenvalue weighted by molar-refractivity contribution is -0.174. The minimum Gasteiger partial charge on any atom is -0.492 e. The zero-order valence-corrected chi connectivity index (χ0v) is 17.6. The smallest absolute Gasteiger partial charge is 0.306 e. The van der Waals surface area contributed by atoms with Crippen LogP contribution in [0.3, 0.4) is 0 Å². The molecule has 0 spiro atoms. The van der Waals surface area contributed by atoms with Crippen LogP contribution in [0.25, 0.3) is 0 Å². The van der Waals surface area contributed by atoms with Gasteiger partial charge in [0.05, 0.1) is 32.5 Å². The summed E-state index contributed by atoms with van der Waals surface area (Å²) in [5.74, 6) is -0.517. The number of hydrogen-bond donors (Lipinski definition) is 0. The van der Waals surface area contributed by atoms with Crippen molar-refractivity contribution in [2.24, 2.45) is 0 Å². The molecule has 0 N–H and O–H groups in total. The number of esters is 1. The van der Waals surface area contributed by atoms with E-state index in [1.807, 2.05) is 60.7 Å². The molecule has 1 aliphatic heterocycles. The lowest BCUT2D eigenvalue weighted by Gasteiger charge is -2.34. The van der Waals surface area contributed by atoms with Crippen LogP contribution >= 0.6 is 0 Å². The Morgan fingerprint density at radius 2 is 1.55 bits per heavy atom. The standard InChI is InChI=1S/C25H28O6/c1-19(26)12-13-24(27)31-25-22(30-17-21-10-6-3-7-11-21)14-15-29-23(25)18-28-16-20-8-4-2-5-9-20/h2-11,14-15,22-23,25H,12-13,16-18H2,1H3/t22-,23-,25-/m1/s1. The molecule has 6 heteroatoms. The average molecular weight is 424 g/mol. The third-order valence-corrected chi connectivity index (χ3v) is 4.84. The maximum absolute atomic E-state index is 12.3. The molecular weight excluding hydrogens is 396 g/mol. The van der Waals surface area contributed by atoms with E-state index < -0.39 is 24.3 Å². The maximum atomic E-state index is 12.3. The molecule has 1 aliphatic rings. The number of rotatable bonds is 11. The van der Waals surface area contributed by atoms with E-state index in [0.717, 1.165) is 11.1 Å². The topological polar surface area (TPSA) is 71.1 Å². The Morgan fingerprint density at radius 3 is 2.19 bits per heavy atom. The van der Waals surface area contributed by atoms with Gasteiger partial charge in [0, 0.05) is 6.42 Å². The fourth-order valence-electron chi connectivity index (χ4n) is 3.17. The van der Waals surface area contributed by atoms with E-state index in [-0.39, 0.29) is 25.2 Å². The van der Waals surface area contributed by atoms with Gasteiger partial charge in [-0.1, -0.05) is 60.7 Å². The molecule has 0 aromatic heterocycles. The molecular formula is C25H28O6. The Labute approximate surface area is 182 Å². The summed E-state index contributed by atoms with van der Waals surface area (Å²) in [6.07, 6.45) is 1.79. The van der Waals surface area contributed by atoms with E-state index >= 15 is 0 Å². The molecule has 1 heterocycles. The van der Waals surface area contributed by atoms with Crippen molar-refractivity contribution < 1.29 is 28.5 Å². The number of hydrogen-bond acceptors (Lipinski definition) is 6. The lowest BCUT2D eigenvalue weighted by Crippen LogP contribution is -2.47. The molecule has 0 amide bonds. The summed E-state index contributed by atoms with van der Waals surface area (Å²) < 4.78 is 23.3.